The monoisotopic (exact) mass is 411 g/mol. The topological polar surface area (TPSA) is 91.6 Å². The highest BCUT2D eigenvalue weighted by Gasteiger charge is 2.18. The smallest absolute Gasteiger partial charge is 0.336 e. The van der Waals surface area contributed by atoms with Crippen LogP contribution in [0.4, 0.5) is 0 Å². The number of fused-ring (bicyclic) bond motifs is 1. The summed E-state index contributed by atoms with van der Waals surface area (Å²) in [5.41, 5.74) is -0.404. The van der Waals surface area contributed by atoms with Gasteiger partial charge < -0.3 is 14.8 Å². The maximum atomic E-state index is 13.4. The van der Waals surface area contributed by atoms with E-state index in [1.54, 1.807) is 42.5 Å². The molecule has 0 aliphatic heterocycles. The number of carbonyl (C=O) groups is 1. The third kappa shape index (κ3) is 4.07. The van der Waals surface area contributed by atoms with Gasteiger partial charge in [-0.05, 0) is 25.5 Å². The first kappa shape index (κ1) is 21.2. The molecule has 0 spiro atoms. The van der Waals surface area contributed by atoms with E-state index in [4.69, 9.17) is 9.47 Å². The van der Waals surface area contributed by atoms with Gasteiger partial charge >= 0.3 is 5.69 Å². The van der Waals surface area contributed by atoms with Gasteiger partial charge in [-0.1, -0.05) is 19.1 Å². The standard InChI is InChI=1S/C22H25N3O5/c1-5-14(2)23-20(26)13-24-19-9-7-6-8-18(19)21(27)25(22(24)28)15-10-16(29-3)12-17(11-15)30-4/h6-12,14H,5,13H2,1-4H3,(H,23,26). The number of amides is 1. The van der Waals surface area contributed by atoms with E-state index < -0.39 is 11.2 Å². The Morgan fingerprint density at radius 1 is 1.07 bits per heavy atom. The minimum Gasteiger partial charge on any atom is -0.497 e. The predicted molar refractivity (Wildman–Crippen MR) is 115 cm³/mol. The van der Waals surface area contributed by atoms with Gasteiger partial charge in [0.25, 0.3) is 5.56 Å². The van der Waals surface area contributed by atoms with Crippen molar-refractivity contribution in [3.8, 4) is 17.2 Å². The molecule has 3 aromatic rings. The third-order valence-electron chi connectivity index (χ3n) is 4.97. The highest BCUT2D eigenvalue weighted by molar-refractivity contribution is 5.82. The number of rotatable bonds is 7. The molecule has 8 heteroatoms. The lowest BCUT2D eigenvalue weighted by Crippen LogP contribution is -2.43. The summed E-state index contributed by atoms with van der Waals surface area (Å²) in [6, 6.07) is 11.5. The summed E-state index contributed by atoms with van der Waals surface area (Å²) >= 11 is 0. The van der Waals surface area contributed by atoms with Gasteiger partial charge in [-0.15, -0.1) is 0 Å². The zero-order valence-electron chi connectivity index (χ0n) is 17.5. The number of hydrogen-bond acceptors (Lipinski definition) is 5. The summed E-state index contributed by atoms with van der Waals surface area (Å²) in [6.45, 7) is 3.65. The number of nitrogens with zero attached hydrogens (tertiary/aromatic N) is 2. The van der Waals surface area contributed by atoms with Crippen LogP contribution in [0.25, 0.3) is 16.6 Å². The molecule has 0 radical (unpaired) electrons. The molecule has 158 valence electrons. The van der Waals surface area contributed by atoms with E-state index in [0.29, 0.717) is 28.1 Å². The maximum absolute atomic E-state index is 13.4. The molecule has 1 aromatic heterocycles. The lowest BCUT2D eigenvalue weighted by atomic mass is 10.2. The fourth-order valence-electron chi connectivity index (χ4n) is 3.19. The summed E-state index contributed by atoms with van der Waals surface area (Å²) in [7, 11) is 2.97. The minimum atomic E-state index is -0.617. The molecule has 0 saturated heterocycles. The summed E-state index contributed by atoms with van der Waals surface area (Å²) in [5, 5.41) is 3.18. The van der Waals surface area contributed by atoms with Crippen LogP contribution >= 0.6 is 0 Å². The first-order valence-corrected chi connectivity index (χ1v) is 9.67. The normalized spacial score (nSPS) is 11.9. The Morgan fingerprint density at radius 3 is 2.30 bits per heavy atom. The largest absolute Gasteiger partial charge is 0.497 e. The van der Waals surface area contributed by atoms with Crippen LogP contribution in [0, 0.1) is 0 Å². The molecule has 1 amide bonds. The fraction of sp³-hybridized carbons (Fsp3) is 0.318. The van der Waals surface area contributed by atoms with E-state index in [2.05, 4.69) is 5.32 Å². The molecule has 0 aliphatic carbocycles. The molecule has 3 rings (SSSR count). The molecule has 2 aromatic carbocycles. The summed E-state index contributed by atoms with van der Waals surface area (Å²) in [5.74, 6) is 0.569. The van der Waals surface area contributed by atoms with Gasteiger partial charge in [0.1, 0.15) is 18.0 Å². The summed E-state index contributed by atoms with van der Waals surface area (Å²) in [6.07, 6.45) is 0.768. The van der Waals surface area contributed by atoms with E-state index in [1.807, 2.05) is 13.8 Å². The van der Waals surface area contributed by atoms with Crippen LogP contribution in [0.3, 0.4) is 0 Å². The molecule has 1 atom stereocenters. The van der Waals surface area contributed by atoms with Crippen molar-refractivity contribution in [3.05, 3.63) is 63.3 Å². The highest BCUT2D eigenvalue weighted by atomic mass is 16.5. The molecule has 0 saturated carbocycles. The molecule has 8 nitrogen and oxygen atoms in total. The van der Waals surface area contributed by atoms with Crippen molar-refractivity contribution in [2.24, 2.45) is 0 Å². The second kappa shape index (κ2) is 8.86. The van der Waals surface area contributed by atoms with E-state index >= 15 is 0 Å². The highest BCUT2D eigenvalue weighted by Crippen LogP contribution is 2.24. The van der Waals surface area contributed by atoms with Crippen LogP contribution in [0.2, 0.25) is 0 Å². The van der Waals surface area contributed by atoms with E-state index in [1.165, 1.54) is 18.8 Å². The first-order chi connectivity index (χ1) is 14.4. The summed E-state index contributed by atoms with van der Waals surface area (Å²) in [4.78, 5) is 39.1. The average Bonchev–Trinajstić information content (AvgIpc) is 2.76. The number of methoxy groups -OCH3 is 2. The van der Waals surface area contributed by atoms with Crippen LogP contribution < -0.4 is 26.0 Å². The van der Waals surface area contributed by atoms with Gasteiger partial charge in [0.15, 0.2) is 0 Å². The number of carbonyl (C=O) groups excluding carboxylic acids is 1. The molecular formula is C22H25N3O5. The van der Waals surface area contributed by atoms with Crippen molar-refractivity contribution in [1.82, 2.24) is 14.5 Å². The van der Waals surface area contributed by atoms with Crippen molar-refractivity contribution in [1.29, 1.82) is 0 Å². The third-order valence-corrected chi connectivity index (χ3v) is 4.97. The maximum Gasteiger partial charge on any atom is 0.336 e. The van der Waals surface area contributed by atoms with Gasteiger partial charge in [-0.25, -0.2) is 9.36 Å². The Kier molecular flexibility index (Phi) is 6.25. The lowest BCUT2D eigenvalue weighted by Gasteiger charge is -2.16. The van der Waals surface area contributed by atoms with E-state index in [9.17, 15) is 14.4 Å². The Morgan fingerprint density at radius 2 is 1.70 bits per heavy atom. The van der Waals surface area contributed by atoms with Crippen LogP contribution in [-0.4, -0.2) is 35.3 Å². The first-order valence-electron chi connectivity index (χ1n) is 9.67. The number of aromatic nitrogens is 2. The number of para-hydroxylation sites is 1. The summed E-state index contributed by atoms with van der Waals surface area (Å²) < 4.78 is 12.9. The zero-order valence-corrected chi connectivity index (χ0v) is 17.5. The lowest BCUT2D eigenvalue weighted by molar-refractivity contribution is -0.122. The fourth-order valence-corrected chi connectivity index (χ4v) is 3.19. The van der Waals surface area contributed by atoms with Gasteiger partial charge in [0.05, 0.1) is 30.8 Å². The molecule has 1 N–H and O–H groups in total. The van der Waals surface area contributed by atoms with Crippen molar-refractivity contribution < 1.29 is 14.3 Å². The molecule has 0 fully saturated rings. The van der Waals surface area contributed by atoms with Gasteiger partial charge in [0.2, 0.25) is 5.91 Å². The van der Waals surface area contributed by atoms with Gasteiger partial charge in [-0.3, -0.25) is 14.2 Å². The van der Waals surface area contributed by atoms with E-state index in [0.717, 1.165) is 11.0 Å². The van der Waals surface area contributed by atoms with Gasteiger partial charge in [0, 0.05) is 24.2 Å². The van der Waals surface area contributed by atoms with Crippen LogP contribution in [-0.2, 0) is 11.3 Å². The quantitative estimate of drug-likeness (QED) is 0.643. The second-order valence-electron chi connectivity index (χ2n) is 6.97. The van der Waals surface area contributed by atoms with Crippen molar-refractivity contribution in [2.45, 2.75) is 32.9 Å². The molecule has 1 heterocycles. The zero-order chi connectivity index (χ0) is 21.8. The average molecular weight is 411 g/mol. The minimum absolute atomic E-state index is 0.0204. The van der Waals surface area contributed by atoms with Gasteiger partial charge in [-0.2, -0.15) is 0 Å². The Balaban J connectivity index is 2.26. The van der Waals surface area contributed by atoms with Crippen molar-refractivity contribution >= 4 is 16.8 Å². The van der Waals surface area contributed by atoms with E-state index in [-0.39, 0.29) is 18.5 Å². The van der Waals surface area contributed by atoms with Crippen molar-refractivity contribution in [3.63, 3.8) is 0 Å². The van der Waals surface area contributed by atoms with Crippen LogP contribution in [0.5, 0.6) is 11.5 Å². The Hall–Kier alpha value is -3.55. The van der Waals surface area contributed by atoms with Crippen LogP contribution in [0.1, 0.15) is 20.3 Å². The molecule has 1 unspecified atom stereocenters. The number of nitrogens with one attached hydrogen (secondary N) is 1. The SMILES string of the molecule is CCC(C)NC(=O)Cn1c(=O)n(-c2cc(OC)cc(OC)c2)c(=O)c2ccccc21. The second-order valence-corrected chi connectivity index (χ2v) is 6.97. The molecule has 30 heavy (non-hydrogen) atoms. The predicted octanol–water partition coefficient (Wildman–Crippen LogP) is 2.08. The molecule has 0 bridgehead atoms. The number of benzene rings is 2. The number of hydrogen-bond donors (Lipinski definition) is 1. The Labute approximate surface area is 173 Å². The van der Waals surface area contributed by atoms with Crippen LogP contribution in [0.15, 0.2) is 52.1 Å². The van der Waals surface area contributed by atoms with Crippen molar-refractivity contribution in [2.75, 3.05) is 14.2 Å². The number of ether oxygens (including phenoxy) is 2. The molecule has 0 aliphatic rings. The molecular weight excluding hydrogens is 386 g/mol. The Bertz CT molecular complexity index is 1170.